The highest BCUT2D eigenvalue weighted by Crippen LogP contribution is 2.24. The fraction of sp³-hybridized carbons (Fsp3) is 0.500. The molecule has 0 radical (unpaired) electrons. The molecular formula is C14H20FN3S. The molecule has 104 valence electrons. The first kappa shape index (κ1) is 14.2. The summed E-state index contributed by atoms with van der Waals surface area (Å²) in [4.78, 5) is 4.70. The largest absolute Gasteiger partial charge is 0.389 e. The molecule has 1 fully saturated rings. The molecule has 0 amide bonds. The van der Waals surface area contributed by atoms with Crippen molar-refractivity contribution in [3.05, 3.63) is 29.6 Å². The van der Waals surface area contributed by atoms with E-state index in [9.17, 15) is 4.39 Å². The van der Waals surface area contributed by atoms with Crippen LogP contribution in [0.4, 0.5) is 10.1 Å². The zero-order valence-corrected chi connectivity index (χ0v) is 12.2. The van der Waals surface area contributed by atoms with E-state index in [1.165, 1.54) is 6.07 Å². The fourth-order valence-corrected chi connectivity index (χ4v) is 2.70. The molecule has 1 aliphatic heterocycles. The van der Waals surface area contributed by atoms with Gasteiger partial charge in [0.2, 0.25) is 0 Å². The van der Waals surface area contributed by atoms with Gasteiger partial charge in [0.05, 0.1) is 5.56 Å². The molecule has 1 heterocycles. The lowest BCUT2D eigenvalue weighted by Gasteiger charge is -2.38. The molecule has 19 heavy (non-hydrogen) atoms. The van der Waals surface area contributed by atoms with Crippen LogP contribution in [0.15, 0.2) is 18.2 Å². The lowest BCUT2D eigenvalue weighted by molar-refractivity contribution is 0.209. The van der Waals surface area contributed by atoms with Crippen molar-refractivity contribution < 1.29 is 4.39 Å². The number of halogens is 1. The summed E-state index contributed by atoms with van der Waals surface area (Å²) in [6.07, 6.45) is 0. The quantitative estimate of drug-likeness (QED) is 0.859. The molecule has 3 nitrogen and oxygen atoms in total. The summed E-state index contributed by atoms with van der Waals surface area (Å²) < 4.78 is 13.9. The summed E-state index contributed by atoms with van der Waals surface area (Å²) in [5.41, 5.74) is 6.84. The highest BCUT2D eigenvalue weighted by Gasteiger charge is 2.22. The van der Waals surface area contributed by atoms with Crippen LogP contribution < -0.4 is 10.6 Å². The second kappa shape index (κ2) is 5.84. The number of benzene rings is 1. The molecule has 0 bridgehead atoms. The first-order chi connectivity index (χ1) is 9.00. The Morgan fingerprint density at radius 2 is 1.89 bits per heavy atom. The van der Waals surface area contributed by atoms with E-state index in [-0.39, 0.29) is 10.8 Å². The van der Waals surface area contributed by atoms with E-state index >= 15 is 0 Å². The van der Waals surface area contributed by atoms with Gasteiger partial charge in [0, 0.05) is 37.9 Å². The summed E-state index contributed by atoms with van der Waals surface area (Å²) in [5, 5.41) is 0. The average molecular weight is 281 g/mol. The molecule has 0 aliphatic carbocycles. The van der Waals surface area contributed by atoms with Crippen LogP contribution in [-0.4, -0.2) is 42.1 Å². The molecule has 0 spiro atoms. The number of hydrogen-bond donors (Lipinski definition) is 1. The van der Waals surface area contributed by atoms with Crippen molar-refractivity contribution in [3.8, 4) is 0 Å². The molecule has 0 aromatic heterocycles. The van der Waals surface area contributed by atoms with Crippen LogP contribution >= 0.6 is 12.2 Å². The van der Waals surface area contributed by atoms with Gasteiger partial charge in [-0.3, -0.25) is 4.90 Å². The molecule has 2 rings (SSSR count). The Kier molecular flexibility index (Phi) is 4.37. The molecule has 1 aromatic carbocycles. The number of nitrogens with zero attached hydrogens (tertiary/aromatic N) is 2. The zero-order valence-electron chi connectivity index (χ0n) is 11.4. The summed E-state index contributed by atoms with van der Waals surface area (Å²) in [5.74, 6) is -0.337. The lowest BCUT2D eigenvalue weighted by atomic mass is 10.1. The number of hydrogen-bond acceptors (Lipinski definition) is 3. The Hall–Kier alpha value is -1.20. The molecule has 5 heteroatoms. The average Bonchev–Trinajstić information content (AvgIpc) is 2.38. The highest BCUT2D eigenvalue weighted by atomic mass is 32.1. The van der Waals surface area contributed by atoms with Gasteiger partial charge in [-0.25, -0.2) is 4.39 Å². The van der Waals surface area contributed by atoms with Crippen molar-refractivity contribution >= 4 is 22.9 Å². The van der Waals surface area contributed by atoms with Gasteiger partial charge in [-0.1, -0.05) is 18.3 Å². The van der Waals surface area contributed by atoms with Crippen molar-refractivity contribution in [2.45, 2.75) is 19.9 Å². The maximum atomic E-state index is 13.9. The summed E-state index contributed by atoms with van der Waals surface area (Å²) in [6, 6.07) is 5.55. The standard InChI is InChI=1S/C14H20FN3S/c1-10(2)17-6-8-18(9-7-17)12-5-3-4-11(15)13(12)14(16)19/h3-5,10H,6-9H2,1-2H3,(H2,16,19). The molecule has 2 N–H and O–H groups in total. The SMILES string of the molecule is CC(C)N1CCN(c2cccc(F)c2C(N)=S)CC1. The number of piperazine rings is 1. The Bertz CT molecular complexity index is 468. The van der Waals surface area contributed by atoms with E-state index in [0.29, 0.717) is 11.6 Å². The minimum Gasteiger partial charge on any atom is -0.389 e. The molecule has 0 saturated carbocycles. The minimum absolute atomic E-state index is 0.124. The van der Waals surface area contributed by atoms with E-state index in [1.54, 1.807) is 6.07 Å². The normalized spacial score (nSPS) is 16.9. The van der Waals surface area contributed by atoms with E-state index in [4.69, 9.17) is 18.0 Å². The van der Waals surface area contributed by atoms with Crippen molar-refractivity contribution in [2.24, 2.45) is 5.73 Å². The maximum absolute atomic E-state index is 13.9. The third-order valence-electron chi connectivity index (χ3n) is 3.62. The smallest absolute Gasteiger partial charge is 0.135 e. The number of anilines is 1. The van der Waals surface area contributed by atoms with Gasteiger partial charge in [0.25, 0.3) is 0 Å². The van der Waals surface area contributed by atoms with E-state index in [2.05, 4.69) is 23.6 Å². The third-order valence-corrected chi connectivity index (χ3v) is 3.83. The molecule has 1 saturated heterocycles. The first-order valence-electron chi connectivity index (χ1n) is 6.58. The Balaban J connectivity index is 2.20. The van der Waals surface area contributed by atoms with Crippen LogP contribution in [0.25, 0.3) is 0 Å². The van der Waals surface area contributed by atoms with Crippen LogP contribution in [0, 0.1) is 5.82 Å². The Labute approximate surface area is 119 Å². The van der Waals surface area contributed by atoms with Crippen molar-refractivity contribution in [3.63, 3.8) is 0 Å². The van der Waals surface area contributed by atoms with Gasteiger partial charge in [-0.2, -0.15) is 0 Å². The second-order valence-corrected chi connectivity index (χ2v) is 5.55. The Morgan fingerprint density at radius 1 is 1.26 bits per heavy atom. The molecule has 0 atom stereocenters. The van der Waals surface area contributed by atoms with Crippen molar-refractivity contribution in [2.75, 3.05) is 31.1 Å². The fourth-order valence-electron chi connectivity index (χ4n) is 2.50. The topological polar surface area (TPSA) is 32.5 Å². The number of rotatable bonds is 3. The van der Waals surface area contributed by atoms with Crippen molar-refractivity contribution in [1.82, 2.24) is 4.90 Å². The van der Waals surface area contributed by atoms with E-state index in [0.717, 1.165) is 31.9 Å². The molecular weight excluding hydrogens is 261 g/mol. The van der Waals surface area contributed by atoms with Crippen molar-refractivity contribution in [1.29, 1.82) is 0 Å². The van der Waals surface area contributed by atoms with Crippen LogP contribution in [0.5, 0.6) is 0 Å². The predicted molar refractivity (Wildman–Crippen MR) is 81.2 cm³/mol. The Morgan fingerprint density at radius 3 is 2.42 bits per heavy atom. The van der Waals surface area contributed by atoms with Crippen LogP contribution in [0.3, 0.4) is 0 Å². The maximum Gasteiger partial charge on any atom is 0.135 e. The highest BCUT2D eigenvalue weighted by molar-refractivity contribution is 7.80. The zero-order chi connectivity index (χ0) is 14.0. The van der Waals surface area contributed by atoms with E-state index < -0.39 is 0 Å². The number of thiocarbonyl (C=S) groups is 1. The van der Waals surface area contributed by atoms with Crippen LogP contribution in [0.1, 0.15) is 19.4 Å². The molecule has 0 unspecified atom stereocenters. The monoisotopic (exact) mass is 281 g/mol. The molecule has 1 aliphatic rings. The van der Waals surface area contributed by atoms with Gasteiger partial charge >= 0.3 is 0 Å². The van der Waals surface area contributed by atoms with Gasteiger partial charge in [0.1, 0.15) is 10.8 Å². The van der Waals surface area contributed by atoms with E-state index in [1.807, 2.05) is 6.07 Å². The summed E-state index contributed by atoms with van der Waals surface area (Å²) >= 11 is 4.97. The number of nitrogens with two attached hydrogens (primary N) is 1. The van der Waals surface area contributed by atoms with Gasteiger partial charge in [0.15, 0.2) is 0 Å². The van der Waals surface area contributed by atoms with Crippen LogP contribution in [-0.2, 0) is 0 Å². The van der Waals surface area contributed by atoms with Crippen LogP contribution in [0.2, 0.25) is 0 Å². The van der Waals surface area contributed by atoms with Gasteiger partial charge < -0.3 is 10.6 Å². The lowest BCUT2D eigenvalue weighted by Crippen LogP contribution is -2.49. The summed E-state index contributed by atoms with van der Waals surface area (Å²) in [7, 11) is 0. The minimum atomic E-state index is -0.337. The summed E-state index contributed by atoms with van der Waals surface area (Å²) in [6.45, 7) is 8.08. The van der Waals surface area contributed by atoms with Gasteiger partial charge in [-0.15, -0.1) is 0 Å². The third kappa shape index (κ3) is 3.04. The second-order valence-electron chi connectivity index (χ2n) is 5.11. The predicted octanol–water partition coefficient (Wildman–Crippen LogP) is 1.99. The first-order valence-corrected chi connectivity index (χ1v) is 6.99. The van der Waals surface area contributed by atoms with Gasteiger partial charge in [-0.05, 0) is 26.0 Å². The molecule has 1 aromatic rings.